The van der Waals surface area contributed by atoms with Crippen LogP contribution in [0.2, 0.25) is 10.0 Å². The van der Waals surface area contributed by atoms with Gasteiger partial charge in [0.25, 0.3) is 0 Å². The van der Waals surface area contributed by atoms with Crippen molar-refractivity contribution < 1.29 is 27.4 Å². The van der Waals surface area contributed by atoms with Gasteiger partial charge in [0.05, 0.1) is 34.9 Å². The lowest BCUT2D eigenvalue weighted by atomic mass is 10.1. The minimum Gasteiger partial charge on any atom is -0.493 e. The quantitative estimate of drug-likeness (QED) is 0.0842. The fourth-order valence-electron chi connectivity index (χ4n) is 5.81. The maximum Gasteiger partial charge on any atom is 0.417 e. The number of fused-ring (bicyclic) bond motifs is 1. The molecule has 12 heteroatoms. The van der Waals surface area contributed by atoms with Crippen LogP contribution in [0.3, 0.4) is 0 Å². The zero-order chi connectivity index (χ0) is 36.3. The zero-order valence-electron chi connectivity index (χ0n) is 29.7. The lowest BCUT2D eigenvalue weighted by Crippen LogP contribution is -2.25. The zero-order valence-corrected chi connectivity index (χ0v) is 31.2. The first-order valence-electron chi connectivity index (χ1n) is 17.6. The minimum absolute atomic E-state index is 0.0286. The van der Waals surface area contributed by atoms with Crippen LogP contribution >= 0.6 is 23.2 Å². The van der Waals surface area contributed by atoms with E-state index in [1.165, 1.54) is 12.1 Å². The number of benzene rings is 3. The van der Waals surface area contributed by atoms with Crippen molar-refractivity contribution in [2.24, 2.45) is 0 Å². The van der Waals surface area contributed by atoms with Crippen molar-refractivity contribution in [2.75, 3.05) is 52.5 Å². The molecule has 0 spiro atoms. The Labute approximate surface area is 304 Å². The number of aryl methyl sites for hydroxylation is 1. The second-order valence-corrected chi connectivity index (χ2v) is 12.9. The summed E-state index contributed by atoms with van der Waals surface area (Å²) in [5.74, 6) is 2.11. The number of nitrogens with zero attached hydrogens (tertiary/aromatic N) is 4. The van der Waals surface area contributed by atoms with Crippen molar-refractivity contribution >= 4 is 34.2 Å². The predicted octanol–water partition coefficient (Wildman–Crippen LogP) is 10.8. The number of unbranched alkanes of at least 4 members (excludes halogenated alkanes) is 1. The van der Waals surface area contributed by atoms with Crippen LogP contribution < -0.4 is 14.2 Å². The lowest BCUT2D eigenvalue weighted by molar-refractivity contribution is -0.137. The number of hydrogen-bond acceptors (Lipinski definition) is 6. The summed E-state index contributed by atoms with van der Waals surface area (Å²) in [6.45, 7) is 18.2. The van der Waals surface area contributed by atoms with Crippen LogP contribution in [0, 0.1) is 0 Å². The first kappa shape index (κ1) is 39.6. The van der Waals surface area contributed by atoms with Crippen LogP contribution in [0.15, 0.2) is 48.5 Å². The molecule has 0 aliphatic rings. The van der Waals surface area contributed by atoms with Crippen molar-refractivity contribution in [1.82, 2.24) is 19.4 Å². The highest BCUT2D eigenvalue weighted by Gasteiger charge is 2.34. The van der Waals surface area contributed by atoms with Crippen LogP contribution in [-0.4, -0.2) is 71.8 Å². The molecule has 7 nitrogen and oxygen atoms in total. The molecule has 0 aliphatic carbocycles. The van der Waals surface area contributed by atoms with Gasteiger partial charge >= 0.3 is 6.18 Å². The fourth-order valence-corrected chi connectivity index (χ4v) is 6.20. The van der Waals surface area contributed by atoms with Crippen molar-refractivity contribution in [1.29, 1.82) is 0 Å². The molecule has 0 bridgehead atoms. The van der Waals surface area contributed by atoms with Crippen molar-refractivity contribution in [2.45, 2.75) is 73.0 Å². The highest BCUT2D eigenvalue weighted by Crippen LogP contribution is 2.42. The molecule has 0 amide bonds. The predicted molar refractivity (Wildman–Crippen MR) is 197 cm³/mol. The molecule has 0 aliphatic heterocycles. The molecule has 0 N–H and O–H groups in total. The summed E-state index contributed by atoms with van der Waals surface area (Å²) in [5, 5.41) is -0.0455. The second-order valence-electron chi connectivity index (χ2n) is 12.1. The van der Waals surface area contributed by atoms with Gasteiger partial charge in [-0.15, -0.1) is 0 Å². The molecule has 0 saturated carbocycles. The number of imidazole rings is 1. The molecule has 0 fully saturated rings. The minimum atomic E-state index is -4.64. The molecule has 1 aromatic heterocycles. The summed E-state index contributed by atoms with van der Waals surface area (Å²) in [4.78, 5) is 9.83. The SMILES string of the molecule is CCCCn1c(-c2ccc(Cl)cc2Oc2ccc(Cl)c(C(F)(F)F)c2)nc2c(OCCCN(CC)CC)cc(OCCCN(CC)CC)cc21. The number of halogens is 5. The van der Waals surface area contributed by atoms with Gasteiger partial charge < -0.3 is 28.6 Å². The van der Waals surface area contributed by atoms with Gasteiger partial charge in [0.1, 0.15) is 28.6 Å². The Morgan fingerprint density at radius 3 is 2.02 bits per heavy atom. The summed E-state index contributed by atoms with van der Waals surface area (Å²) in [5.41, 5.74) is 1.09. The third-order valence-corrected chi connectivity index (χ3v) is 9.30. The molecule has 0 saturated heterocycles. The van der Waals surface area contributed by atoms with Gasteiger partial charge in [-0.3, -0.25) is 0 Å². The van der Waals surface area contributed by atoms with Crippen molar-refractivity contribution in [3.63, 3.8) is 0 Å². The number of ether oxygens (including phenoxy) is 3. The van der Waals surface area contributed by atoms with Crippen molar-refractivity contribution in [3.05, 3.63) is 64.1 Å². The van der Waals surface area contributed by atoms with E-state index in [0.29, 0.717) is 53.2 Å². The summed E-state index contributed by atoms with van der Waals surface area (Å²) >= 11 is 12.3. The summed E-state index contributed by atoms with van der Waals surface area (Å²) in [6.07, 6.45) is -1.12. The smallest absolute Gasteiger partial charge is 0.417 e. The summed E-state index contributed by atoms with van der Waals surface area (Å²) in [7, 11) is 0. The monoisotopic (exact) mass is 736 g/mol. The van der Waals surface area contributed by atoms with E-state index in [-0.39, 0.29) is 11.5 Å². The third kappa shape index (κ3) is 10.4. The van der Waals surface area contributed by atoms with Crippen LogP contribution in [0.1, 0.15) is 65.9 Å². The van der Waals surface area contributed by atoms with E-state index in [2.05, 4.69) is 49.0 Å². The van der Waals surface area contributed by atoms with Gasteiger partial charge in [0.2, 0.25) is 0 Å². The average Bonchev–Trinajstić information content (AvgIpc) is 3.45. The van der Waals surface area contributed by atoms with Crippen LogP contribution in [-0.2, 0) is 12.7 Å². The fraction of sp³-hybridized carbons (Fsp3) is 0.500. The van der Waals surface area contributed by atoms with E-state index in [0.717, 1.165) is 76.5 Å². The lowest BCUT2D eigenvalue weighted by Gasteiger charge is -2.18. The van der Waals surface area contributed by atoms with Crippen molar-refractivity contribution in [3.8, 4) is 34.4 Å². The Hall–Kier alpha value is -3.18. The Balaban J connectivity index is 1.78. The largest absolute Gasteiger partial charge is 0.493 e. The molecule has 1 heterocycles. The van der Waals surface area contributed by atoms with Crippen LogP contribution in [0.5, 0.6) is 23.0 Å². The Morgan fingerprint density at radius 1 is 0.740 bits per heavy atom. The van der Waals surface area contributed by atoms with E-state index in [4.69, 9.17) is 42.4 Å². The van der Waals surface area contributed by atoms with E-state index in [1.54, 1.807) is 18.2 Å². The maximum atomic E-state index is 13.7. The average molecular weight is 738 g/mol. The number of aromatic nitrogens is 2. The molecule has 4 aromatic rings. The number of rotatable bonds is 20. The molecule has 50 heavy (non-hydrogen) atoms. The third-order valence-electron chi connectivity index (χ3n) is 8.74. The molecule has 0 radical (unpaired) electrons. The van der Waals surface area contributed by atoms with E-state index >= 15 is 0 Å². The standard InChI is InChI=1S/C38H49Cl2F3N4O3/c1-6-11-20-47-33-25-29(48-21-12-18-45(7-2)8-3)26-35(49-22-13-19-46(9-4)10-5)36(33)44-37(47)30-16-14-27(39)23-34(30)50-28-15-17-32(40)31(24-28)38(41,42)43/h14-17,23-26H,6-13,18-22H2,1-5H3. The van der Waals surface area contributed by atoms with E-state index in [9.17, 15) is 13.2 Å². The first-order chi connectivity index (χ1) is 24.0. The van der Waals surface area contributed by atoms with Gasteiger partial charge in [-0.1, -0.05) is 64.2 Å². The topological polar surface area (TPSA) is 52.0 Å². The first-order valence-corrected chi connectivity index (χ1v) is 18.4. The molecule has 0 atom stereocenters. The Kier molecular flexibility index (Phi) is 15.0. The van der Waals surface area contributed by atoms with Crippen LogP contribution in [0.25, 0.3) is 22.4 Å². The Morgan fingerprint density at radius 2 is 1.40 bits per heavy atom. The molecule has 0 unspecified atom stereocenters. The molecular formula is C38H49Cl2F3N4O3. The highest BCUT2D eigenvalue weighted by atomic mass is 35.5. The Bertz CT molecular complexity index is 1670. The van der Waals surface area contributed by atoms with E-state index in [1.807, 2.05) is 12.1 Å². The molecule has 4 rings (SSSR count). The summed E-state index contributed by atoms with van der Waals surface area (Å²) < 4.78 is 62.0. The molecule has 274 valence electrons. The van der Waals surface area contributed by atoms with Gasteiger partial charge in [-0.25, -0.2) is 4.98 Å². The molecule has 3 aromatic carbocycles. The van der Waals surface area contributed by atoms with Gasteiger partial charge in [-0.05, 0) is 75.8 Å². The summed E-state index contributed by atoms with van der Waals surface area (Å²) in [6, 6.07) is 12.4. The van der Waals surface area contributed by atoms with Gasteiger partial charge in [0, 0.05) is 42.9 Å². The number of hydrogen-bond donors (Lipinski definition) is 0. The van der Waals surface area contributed by atoms with Gasteiger partial charge in [0.15, 0.2) is 5.75 Å². The number of alkyl halides is 3. The second kappa shape index (κ2) is 18.9. The maximum absolute atomic E-state index is 13.7. The normalized spacial score (nSPS) is 12.0. The molecular weight excluding hydrogens is 688 g/mol. The van der Waals surface area contributed by atoms with E-state index < -0.39 is 16.8 Å². The van der Waals surface area contributed by atoms with Crippen LogP contribution in [0.4, 0.5) is 13.2 Å². The van der Waals surface area contributed by atoms with Gasteiger partial charge in [-0.2, -0.15) is 13.2 Å². The highest BCUT2D eigenvalue weighted by molar-refractivity contribution is 6.31.